The maximum Gasteiger partial charge on any atom is 0.155 e. The number of aliphatic hydroxyl groups excluding tert-OH is 1. The number of aryl methyl sites for hydroxylation is 4. The van der Waals surface area contributed by atoms with E-state index in [0.29, 0.717) is 28.5 Å². The second-order valence-electron chi connectivity index (χ2n) is 17.1. The first-order valence-electron chi connectivity index (χ1n) is 23.9. The summed E-state index contributed by atoms with van der Waals surface area (Å²) in [5, 5.41) is 8.36. The minimum atomic E-state index is -0.649. The molecule has 0 saturated heterocycles. The molecule has 5 aromatic carbocycles. The van der Waals surface area contributed by atoms with Crippen LogP contribution in [-0.4, -0.2) is 35.8 Å². The fourth-order valence-corrected chi connectivity index (χ4v) is 6.71. The van der Waals surface area contributed by atoms with Crippen LogP contribution in [0.1, 0.15) is 36.2 Å². The number of aliphatic hydroxyl groups is 1. The zero-order chi connectivity index (χ0) is 59.2. The van der Waals surface area contributed by atoms with Crippen molar-refractivity contribution < 1.29 is 154 Å². The van der Waals surface area contributed by atoms with E-state index in [1.54, 1.807) is 73.3 Å². The number of nitrogens with zero attached hydrogens (tertiary/aromatic N) is 5. The van der Waals surface area contributed by atoms with Gasteiger partial charge < -0.3 is 30.0 Å². The van der Waals surface area contributed by atoms with Gasteiger partial charge in [-0.1, -0.05) is 118 Å². The molecule has 1 N–H and O–H groups in total. The van der Waals surface area contributed by atoms with Crippen molar-refractivity contribution in [2.24, 2.45) is 0 Å². The van der Waals surface area contributed by atoms with Gasteiger partial charge in [-0.05, 0) is 99.8 Å². The van der Waals surface area contributed by atoms with Gasteiger partial charge in [0.1, 0.15) is 0 Å². The standard InChI is InChI=1S/4C12H8F2N.C11H6F2N.C5H8O2.5Ir/c1-8-2-5-12(15-7-8)10-4-3-9(13)6-11(10)14;1-8-4-5-15-12(6-8)10-3-2-9(13)7-11(10)14;1-8-3-2-6-15-12(8)10-5-4-9(13)7-11(10)14;1-8-3-2-4-12(15-8)10-6-5-9(13)7-11(10)14;12-8-4-5-9(10(13)7-8)11-3-1-2-6-14-11;1-4(6)3-5(2)7;;;;;/h2-3,5-7H,1H3;2,4-7H,1H3;2-4,6-7H,1H3;2-5,7H,1H3;1-4,6-7H;3,6H,1-2H3;;;;;/q5*-1;;;;;;. The van der Waals surface area contributed by atoms with E-state index < -0.39 is 58.2 Å². The van der Waals surface area contributed by atoms with Crippen molar-refractivity contribution in [2.75, 3.05) is 0 Å². The number of hydrogen-bond acceptors (Lipinski definition) is 7. The van der Waals surface area contributed by atoms with Gasteiger partial charge in [0.25, 0.3) is 0 Å². The monoisotopic (exact) mass is 2070 g/mol. The zero-order valence-electron chi connectivity index (χ0n) is 45.6. The van der Waals surface area contributed by atoms with Crippen molar-refractivity contribution in [1.82, 2.24) is 24.9 Å². The number of hydrogen-bond donors (Lipinski definition) is 1. The van der Waals surface area contributed by atoms with Crippen LogP contribution in [0.3, 0.4) is 0 Å². The molecule has 0 bridgehead atoms. The summed E-state index contributed by atoms with van der Waals surface area (Å²) in [5.41, 5.74) is 6.87. The number of aromatic nitrogens is 5. The number of carbonyl (C=O) groups excluding carboxylic acids is 1. The Morgan fingerprint density at radius 2 is 0.837 bits per heavy atom. The molecule has 459 valence electrons. The molecular weight excluding hydrogens is 2020 g/mol. The first kappa shape index (κ1) is 79.6. The second-order valence-corrected chi connectivity index (χ2v) is 17.1. The molecule has 0 aliphatic carbocycles. The zero-order valence-corrected chi connectivity index (χ0v) is 57.6. The van der Waals surface area contributed by atoms with E-state index in [1.807, 2.05) is 52.0 Å². The van der Waals surface area contributed by atoms with Crippen molar-refractivity contribution in [1.29, 1.82) is 0 Å². The molecule has 0 spiro atoms. The predicted molar refractivity (Wildman–Crippen MR) is 288 cm³/mol. The fourth-order valence-electron chi connectivity index (χ4n) is 6.71. The van der Waals surface area contributed by atoms with Crippen LogP contribution in [0.4, 0.5) is 43.9 Å². The molecule has 0 fully saturated rings. The average Bonchev–Trinajstić information content (AvgIpc) is 2.86. The van der Waals surface area contributed by atoms with Gasteiger partial charge >= 0.3 is 0 Å². The topological polar surface area (TPSA) is 102 Å². The van der Waals surface area contributed by atoms with Gasteiger partial charge in [0.15, 0.2) is 5.78 Å². The molecule has 0 unspecified atom stereocenters. The third kappa shape index (κ3) is 26.3. The number of allylic oxidation sites excluding steroid dienone is 2. The van der Waals surface area contributed by atoms with Crippen LogP contribution in [0, 0.1) is 116 Å². The van der Waals surface area contributed by atoms with Gasteiger partial charge in [0.2, 0.25) is 0 Å². The summed E-state index contributed by atoms with van der Waals surface area (Å²) in [7, 11) is 0. The van der Waals surface area contributed by atoms with E-state index in [-0.39, 0.29) is 140 Å². The van der Waals surface area contributed by atoms with E-state index in [2.05, 4.69) is 55.3 Å². The van der Waals surface area contributed by atoms with Gasteiger partial charge in [0, 0.05) is 195 Å². The molecule has 0 saturated carbocycles. The molecule has 86 heavy (non-hydrogen) atoms. The molecule has 0 aliphatic heterocycles. The Balaban J connectivity index is 0.00000101. The van der Waals surface area contributed by atoms with Crippen LogP contribution in [-0.2, 0) is 105 Å². The first-order chi connectivity index (χ1) is 38.6. The molecular formula is C64H46F10Ir5N5O2-5. The average molecular weight is 2070 g/mol. The number of rotatable bonds is 6. The summed E-state index contributed by atoms with van der Waals surface area (Å²) >= 11 is 0. The molecule has 22 heteroatoms. The number of carbonyl (C=O) groups is 1. The SMILES string of the molecule is CC(=O)C=C(C)O.Cc1ccc(-c2[c-]cc(F)cc2F)nc1.Cc1cccc(-c2[c-]cc(F)cc2F)n1.Cc1cccnc1-c1[c-]cc(F)cc1F.Cc1ccnc(-c2[c-]cc(F)cc2F)c1.Fc1c[c-]c(-c2ccccn2)c(F)c1.[Ir].[Ir].[Ir].[Ir].[Ir]. The number of halogens is 10. The summed E-state index contributed by atoms with van der Waals surface area (Å²) in [6.45, 7) is 10.2. The molecule has 10 rings (SSSR count). The minimum Gasteiger partial charge on any atom is -0.512 e. The summed E-state index contributed by atoms with van der Waals surface area (Å²) in [4.78, 5) is 30.2. The van der Waals surface area contributed by atoms with Crippen LogP contribution in [0.5, 0.6) is 0 Å². The van der Waals surface area contributed by atoms with Gasteiger partial charge in [-0.15, -0.1) is 60.7 Å². The van der Waals surface area contributed by atoms with Crippen molar-refractivity contribution in [2.45, 2.75) is 41.5 Å². The van der Waals surface area contributed by atoms with E-state index in [4.69, 9.17) is 5.11 Å². The van der Waals surface area contributed by atoms with E-state index >= 15 is 0 Å². The predicted octanol–water partition coefficient (Wildman–Crippen LogP) is 16.4. The van der Waals surface area contributed by atoms with E-state index in [0.717, 1.165) is 83.0 Å². The summed E-state index contributed by atoms with van der Waals surface area (Å²) in [6, 6.07) is 43.3. The summed E-state index contributed by atoms with van der Waals surface area (Å²) < 4.78 is 130. The molecule has 10 aromatic rings. The molecule has 5 heterocycles. The molecule has 0 aliphatic rings. The fraction of sp³-hybridized carbons (Fsp3) is 0.0938. The quantitative estimate of drug-likeness (QED) is 0.0766. The second kappa shape index (κ2) is 40.1. The van der Waals surface area contributed by atoms with Crippen molar-refractivity contribution >= 4 is 5.78 Å². The maximum atomic E-state index is 13.4. The molecule has 5 radical (unpaired) electrons. The van der Waals surface area contributed by atoms with Crippen molar-refractivity contribution in [3.63, 3.8) is 0 Å². The minimum absolute atomic E-state index is 0. The van der Waals surface area contributed by atoms with Crippen LogP contribution >= 0.6 is 0 Å². The molecule has 7 nitrogen and oxygen atoms in total. The summed E-state index contributed by atoms with van der Waals surface area (Å²) in [6.07, 6.45) is 7.50. The normalized spacial score (nSPS) is 9.79. The largest absolute Gasteiger partial charge is 0.512 e. The van der Waals surface area contributed by atoms with E-state index in [9.17, 15) is 48.7 Å². The third-order valence-corrected chi connectivity index (χ3v) is 10.4. The van der Waals surface area contributed by atoms with Gasteiger partial charge in [-0.2, -0.15) is 0 Å². The first-order valence-corrected chi connectivity index (χ1v) is 23.9. The Kier molecular flexibility index (Phi) is 37.2. The number of pyridine rings is 5. The number of ketones is 1. The van der Waals surface area contributed by atoms with Gasteiger partial charge in [0.05, 0.1) is 5.76 Å². The van der Waals surface area contributed by atoms with Crippen LogP contribution in [0.15, 0.2) is 170 Å². The van der Waals surface area contributed by atoms with Crippen molar-refractivity contribution in [3.8, 4) is 56.3 Å². The van der Waals surface area contributed by atoms with Crippen LogP contribution in [0.25, 0.3) is 56.3 Å². The van der Waals surface area contributed by atoms with Crippen molar-refractivity contribution in [3.05, 3.63) is 281 Å². The number of benzene rings is 5. The van der Waals surface area contributed by atoms with Gasteiger partial charge in [-0.25, -0.2) is 0 Å². The summed E-state index contributed by atoms with van der Waals surface area (Å²) in [5.74, 6) is -6.47. The Morgan fingerprint density at radius 3 is 1.21 bits per heavy atom. The Labute approximate surface area is 559 Å². The van der Waals surface area contributed by atoms with E-state index in [1.165, 1.54) is 19.9 Å². The Bertz CT molecular complexity index is 3660. The van der Waals surface area contributed by atoms with Crippen LogP contribution in [0.2, 0.25) is 0 Å². The molecule has 0 amide bonds. The molecule has 0 atom stereocenters. The Morgan fingerprint density at radius 1 is 0.419 bits per heavy atom. The smallest absolute Gasteiger partial charge is 0.155 e. The maximum absolute atomic E-state index is 13.4. The van der Waals surface area contributed by atoms with Crippen LogP contribution < -0.4 is 0 Å². The third-order valence-electron chi connectivity index (χ3n) is 10.4. The van der Waals surface area contributed by atoms with Gasteiger partial charge in [-0.3, -0.25) is 48.7 Å². The Hall–Kier alpha value is -6.39. The molecule has 5 aromatic heterocycles.